The minimum Gasteiger partial charge on any atom is -0.309 e. The molecule has 0 aliphatic carbocycles. The molecule has 26 heavy (non-hydrogen) atoms. The normalized spacial score (nSPS) is 11.5. The molecule has 0 bridgehead atoms. The summed E-state index contributed by atoms with van der Waals surface area (Å²) in [5.41, 5.74) is 3.51. The van der Waals surface area contributed by atoms with Gasteiger partial charge in [0.1, 0.15) is 0 Å². The Bertz CT molecular complexity index is 781. The lowest BCUT2D eigenvalue weighted by atomic mass is 10.2. The number of hydrogen-bond acceptors (Lipinski definition) is 1. The lowest BCUT2D eigenvalue weighted by Crippen LogP contribution is -2.25. The van der Waals surface area contributed by atoms with E-state index in [4.69, 9.17) is 0 Å². The van der Waals surface area contributed by atoms with Gasteiger partial charge in [-0.1, -0.05) is 121 Å². The summed E-state index contributed by atoms with van der Waals surface area (Å²) in [7, 11) is -2.91. The third-order valence-corrected chi connectivity index (χ3v) is 9.38. The Morgan fingerprint density at radius 3 is 0.923 bits per heavy atom. The van der Waals surface area contributed by atoms with Crippen LogP contribution in [0.25, 0.3) is 0 Å². The molecule has 3 rings (SSSR count). The van der Waals surface area contributed by atoms with Crippen molar-refractivity contribution in [1.82, 2.24) is 0 Å². The highest BCUT2D eigenvalue weighted by atomic mass is 79.9. The summed E-state index contributed by atoms with van der Waals surface area (Å²) in [6, 6.07) is 24.2. The van der Waals surface area contributed by atoms with Crippen LogP contribution in [0.15, 0.2) is 72.8 Å². The van der Waals surface area contributed by atoms with E-state index in [2.05, 4.69) is 47.8 Å². The van der Waals surface area contributed by atoms with Crippen molar-refractivity contribution < 1.29 is 4.57 Å². The maximum atomic E-state index is 14.4. The van der Waals surface area contributed by atoms with Gasteiger partial charge in [-0.25, -0.2) is 0 Å². The molecule has 0 radical (unpaired) electrons. The Balaban J connectivity index is 2.16. The van der Waals surface area contributed by atoms with Crippen LogP contribution in [0, 0.1) is 0 Å². The first-order valence-electron chi connectivity index (χ1n) is 8.18. The minimum atomic E-state index is -2.91. The third kappa shape index (κ3) is 4.09. The highest BCUT2D eigenvalue weighted by Crippen LogP contribution is 2.42. The van der Waals surface area contributed by atoms with Gasteiger partial charge in [-0.15, -0.1) is 0 Å². The summed E-state index contributed by atoms with van der Waals surface area (Å²) in [4.78, 5) is 0. The van der Waals surface area contributed by atoms with Crippen LogP contribution in [0.1, 0.15) is 16.7 Å². The molecule has 0 fully saturated rings. The molecule has 0 heterocycles. The van der Waals surface area contributed by atoms with Gasteiger partial charge in [0.15, 0.2) is 7.14 Å². The molecular weight excluding hydrogens is 539 g/mol. The Labute approximate surface area is 180 Å². The molecular formula is C21H18Br3OP. The molecule has 0 spiro atoms. The second-order valence-electron chi connectivity index (χ2n) is 6.01. The van der Waals surface area contributed by atoms with Gasteiger partial charge in [0.2, 0.25) is 0 Å². The van der Waals surface area contributed by atoms with Crippen LogP contribution in [0.5, 0.6) is 0 Å². The summed E-state index contributed by atoms with van der Waals surface area (Å²) in [6.07, 6.45) is 0. The lowest BCUT2D eigenvalue weighted by molar-refractivity contribution is 0.592. The summed E-state index contributed by atoms with van der Waals surface area (Å²) >= 11 is 10.4. The molecule has 1 nitrogen and oxygen atoms in total. The van der Waals surface area contributed by atoms with E-state index in [-0.39, 0.29) is 0 Å². The number of halogens is 3. The Morgan fingerprint density at radius 1 is 0.500 bits per heavy atom. The lowest BCUT2D eigenvalue weighted by Gasteiger charge is -2.21. The molecule has 5 heteroatoms. The van der Waals surface area contributed by atoms with Gasteiger partial charge in [0.05, 0.1) is 0 Å². The predicted molar refractivity (Wildman–Crippen MR) is 124 cm³/mol. The zero-order chi connectivity index (χ0) is 18.6. The minimum absolute atomic E-state index is 0.789. The van der Waals surface area contributed by atoms with E-state index in [0.29, 0.717) is 0 Å². The van der Waals surface area contributed by atoms with Gasteiger partial charge < -0.3 is 4.57 Å². The predicted octanol–water partition coefficient (Wildman–Crippen LogP) is 6.01. The Kier molecular flexibility index (Phi) is 6.96. The average Bonchev–Trinajstić information content (AvgIpc) is 2.73. The Hall–Kier alpha value is -0.670. The van der Waals surface area contributed by atoms with Crippen LogP contribution < -0.4 is 15.9 Å². The number of alkyl halides is 3. The summed E-state index contributed by atoms with van der Waals surface area (Å²) in [5.74, 6) is 0. The van der Waals surface area contributed by atoms with Crippen molar-refractivity contribution in [1.29, 1.82) is 0 Å². The molecule has 0 aliphatic rings. The number of rotatable bonds is 6. The standard InChI is InChI=1S/C21H18Br3OP/c22-13-16-1-7-19(8-2-16)26(25,20-9-3-17(14-23)4-10-20)21-11-5-18(15-24)6-12-21/h1-12H,13-15H2. The quantitative estimate of drug-likeness (QED) is 0.268. The van der Waals surface area contributed by atoms with Crippen LogP contribution in [-0.4, -0.2) is 0 Å². The van der Waals surface area contributed by atoms with Gasteiger partial charge in [-0.05, 0) is 16.7 Å². The topological polar surface area (TPSA) is 17.1 Å². The maximum Gasteiger partial charge on any atom is 0.171 e. The molecule has 0 atom stereocenters. The fraction of sp³-hybridized carbons (Fsp3) is 0.143. The molecule has 0 unspecified atom stereocenters. The average molecular weight is 557 g/mol. The SMILES string of the molecule is O=P(c1ccc(CBr)cc1)(c1ccc(CBr)cc1)c1ccc(CBr)cc1. The summed E-state index contributed by atoms with van der Waals surface area (Å²) in [5, 5.41) is 4.95. The highest BCUT2D eigenvalue weighted by molar-refractivity contribution is 9.09. The number of hydrogen-bond donors (Lipinski definition) is 0. The fourth-order valence-electron chi connectivity index (χ4n) is 2.83. The van der Waals surface area contributed by atoms with E-state index in [1.807, 2.05) is 72.8 Å². The van der Waals surface area contributed by atoms with E-state index < -0.39 is 7.14 Å². The van der Waals surface area contributed by atoms with Gasteiger partial charge in [0, 0.05) is 31.9 Å². The van der Waals surface area contributed by atoms with E-state index in [1.54, 1.807) is 0 Å². The van der Waals surface area contributed by atoms with Gasteiger partial charge >= 0.3 is 0 Å². The van der Waals surface area contributed by atoms with Crippen molar-refractivity contribution in [3.8, 4) is 0 Å². The summed E-state index contributed by atoms with van der Waals surface area (Å²) < 4.78 is 14.4. The molecule has 0 aliphatic heterocycles. The van der Waals surface area contributed by atoms with Gasteiger partial charge in [-0.3, -0.25) is 0 Å². The number of benzene rings is 3. The maximum absolute atomic E-state index is 14.4. The van der Waals surface area contributed by atoms with Crippen LogP contribution in [0.4, 0.5) is 0 Å². The molecule has 0 saturated heterocycles. The second kappa shape index (κ2) is 9.01. The Morgan fingerprint density at radius 2 is 0.731 bits per heavy atom. The van der Waals surface area contributed by atoms with Gasteiger partial charge in [0.25, 0.3) is 0 Å². The first-order chi connectivity index (χ1) is 12.6. The van der Waals surface area contributed by atoms with Crippen LogP contribution >= 0.6 is 54.9 Å². The fourth-order valence-corrected chi connectivity index (χ4v) is 6.55. The van der Waals surface area contributed by atoms with E-state index in [0.717, 1.165) is 31.9 Å². The molecule has 3 aromatic rings. The van der Waals surface area contributed by atoms with Crippen molar-refractivity contribution in [3.63, 3.8) is 0 Å². The first-order valence-corrected chi connectivity index (χ1v) is 13.3. The summed E-state index contributed by atoms with van der Waals surface area (Å²) in [6.45, 7) is 0. The van der Waals surface area contributed by atoms with Crippen molar-refractivity contribution in [2.45, 2.75) is 16.0 Å². The smallest absolute Gasteiger partial charge is 0.171 e. The van der Waals surface area contributed by atoms with E-state index in [9.17, 15) is 4.57 Å². The van der Waals surface area contributed by atoms with Gasteiger partial charge in [-0.2, -0.15) is 0 Å². The molecule has 0 N–H and O–H groups in total. The molecule has 0 aromatic heterocycles. The highest BCUT2D eigenvalue weighted by Gasteiger charge is 2.29. The molecule has 0 saturated carbocycles. The second-order valence-corrected chi connectivity index (χ2v) is 10.5. The van der Waals surface area contributed by atoms with Crippen molar-refractivity contribution in [3.05, 3.63) is 89.5 Å². The molecule has 3 aromatic carbocycles. The largest absolute Gasteiger partial charge is 0.309 e. The van der Waals surface area contributed by atoms with E-state index in [1.165, 1.54) is 16.7 Å². The zero-order valence-electron chi connectivity index (χ0n) is 14.0. The molecule has 0 amide bonds. The van der Waals surface area contributed by atoms with Crippen LogP contribution in [-0.2, 0) is 20.6 Å². The van der Waals surface area contributed by atoms with Crippen LogP contribution in [0.3, 0.4) is 0 Å². The monoisotopic (exact) mass is 554 g/mol. The van der Waals surface area contributed by atoms with E-state index >= 15 is 0 Å². The first kappa shape index (κ1) is 20.1. The van der Waals surface area contributed by atoms with Crippen LogP contribution in [0.2, 0.25) is 0 Å². The van der Waals surface area contributed by atoms with Crippen molar-refractivity contribution in [2.75, 3.05) is 0 Å². The molecule has 134 valence electrons. The van der Waals surface area contributed by atoms with Crippen molar-refractivity contribution >= 4 is 70.8 Å². The zero-order valence-corrected chi connectivity index (χ0v) is 19.7. The van der Waals surface area contributed by atoms with Crippen molar-refractivity contribution in [2.24, 2.45) is 0 Å². The third-order valence-electron chi connectivity index (χ3n) is 4.36.